The van der Waals surface area contributed by atoms with Crippen molar-refractivity contribution in [2.45, 2.75) is 104 Å². The first-order valence-corrected chi connectivity index (χ1v) is 17.2. The molecule has 0 fully saturated rings. The van der Waals surface area contributed by atoms with Crippen molar-refractivity contribution in [2.24, 2.45) is 5.41 Å². The Balaban J connectivity index is 2.28. The van der Waals surface area contributed by atoms with E-state index < -0.39 is 13.7 Å². The predicted octanol–water partition coefficient (Wildman–Crippen LogP) is 7.80. The van der Waals surface area contributed by atoms with Crippen LogP contribution in [0.1, 0.15) is 66.9 Å². The van der Waals surface area contributed by atoms with Gasteiger partial charge in [0, 0.05) is 0 Å². The summed E-state index contributed by atoms with van der Waals surface area (Å²) in [5.41, 5.74) is 1.86. The fourth-order valence-electron chi connectivity index (χ4n) is 3.75. The lowest BCUT2D eigenvalue weighted by molar-refractivity contribution is -0.151. The number of rotatable bonds is 13. The molecule has 0 amide bonds. The molecule has 1 aliphatic heterocycles. The fourth-order valence-corrected chi connectivity index (χ4v) is 5.01. The summed E-state index contributed by atoms with van der Waals surface area (Å²) in [6, 6.07) is 7.91. The maximum absolute atomic E-state index is 12.2. The number of esters is 1. The quantitative estimate of drug-likeness (QED) is 0.137. The molecule has 0 radical (unpaired) electrons. The van der Waals surface area contributed by atoms with Crippen molar-refractivity contribution in [1.82, 2.24) is 0 Å². The van der Waals surface area contributed by atoms with E-state index >= 15 is 0 Å². The van der Waals surface area contributed by atoms with Crippen LogP contribution in [0, 0.1) is 5.41 Å². The van der Waals surface area contributed by atoms with Gasteiger partial charge >= 0.3 is 5.97 Å². The van der Waals surface area contributed by atoms with E-state index in [-0.39, 0.29) is 35.9 Å². The molecule has 0 saturated carbocycles. The molecule has 1 aromatic rings. The summed E-state index contributed by atoms with van der Waals surface area (Å²) >= 11 is 0. The highest BCUT2D eigenvalue weighted by atomic mass is 28.4. The van der Waals surface area contributed by atoms with E-state index in [1.54, 1.807) is 7.11 Å². The van der Waals surface area contributed by atoms with Crippen molar-refractivity contribution >= 4 is 14.3 Å². The van der Waals surface area contributed by atoms with E-state index in [1.165, 1.54) is 5.57 Å². The fraction of sp³-hybridized carbons (Fsp3) is 0.606. The van der Waals surface area contributed by atoms with Gasteiger partial charge in [0.2, 0.25) is 0 Å². The second-order valence-electron chi connectivity index (χ2n) is 13.1. The van der Waals surface area contributed by atoms with Crippen molar-refractivity contribution < 1.29 is 28.2 Å². The van der Waals surface area contributed by atoms with Crippen molar-refractivity contribution in [1.29, 1.82) is 0 Å². The van der Waals surface area contributed by atoms with Crippen LogP contribution in [-0.2, 0) is 30.0 Å². The summed E-state index contributed by atoms with van der Waals surface area (Å²) in [5.74, 6) is 0.593. The van der Waals surface area contributed by atoms with E-state index in [4.69, 9.17) is 23.4 Å². The number of hydrogen-bond donors (Lipinski definition) is 0. The molecule has 40 heavy (non-hydrogen) atoms. The normalized spacial score (nSPS) is 18.6. The van der Waals surface area contributed by atoms with Gasteiger partial charge in [-0.3, -0.25) is 4.79 Å². The summed E-state index contributed by atoms with van der Waals surface area (Å²) in [7, 11) is -0.474. The van der Waals surface area contributed by atoms with Gasteiger partial charge in [-0.05, 0) is 76.4 Å². The van der Waals surface area contributed by atoms with Crippen LogP contribution < -0.4 is 4.74 Å². The van der Waals surface area contributed by atoms with Crippen LogP contribution in [-0.4, -0.2) is 52.9 Å². The number of ether oxygens (including phenoxy) is 4. The first-order chi connectivity index (χ1) is 18.6. The molecule has 2 rings (SSSR count). The number of carbonyl (C=O) groups excluding carboxylic acids is 1. The number of carbonyl (C=O) groups is 1. The van der Waals surface area contributed by atoms with Gasteiger partial charge in [-0.1, -0.05) is 68.9 Å². The lowest BCUT2D eigenvalue weighted by Crippen LogP contribution is -2.47. The Morgan fingerprint density at radius 3 is 2.35 bits per heavy atom. The Bertz CT molecular complexity index is 1010. The van der Waals surface area contributed by atoms with E-state index in [0.29, 0.717) is 19.6 Å². The number of methoxy groups -OCH3 is 1. The maximum Gasteiger partial charge on any atom is 0.311 e. The second-order valence-corrected chi connectivity index (χ2v) is 17.9. The Labute approximate surface area is 243 Å². The Kier molecular flexibility index (Phi) is 12.9. The Morgan fingerprint density at radius 2 is 1.77 bits per heavy atom. The van der Waals surface area contributed by atoms with Crippen LogP contribution in [0.25, 0.3) is 0 Å². The van der Waals surface area contributed by atoms with Gasteiger partial charge in [0.1, 0.15) is 12.4 Å². The van der Waals surface area contributed by atoms with E-state index in [9.17, 15) is 4.79 Å². The maximum atomic E-state index is 12.2. The van der Waals surface area contributed by atoms with Gasteiger partial charge in [0.25, 0.3) is 0 Å². The van der Waals surface area contributed by atoms with Gasteiger partial charge < -0.3 is 23.4 Å². The van der Waals surface area contributed by atoms with Crippen molar-refractivity contribution in [3.05, 3.63) is 65.8 Å². The molecule has 1 aliphatic rings. The molecule has 1 unspecified atom stereocenters. The zero-order chi connectivity index (χ0) is 30.0. The van der Waals surface area contributed by atoms with Gasteiger partial charge in [-0.2, -0.15) is 0 Å². The smallest absolute Gasteiger partial charge is 0.311 e. The molecular weight excluding hydrogens is 520 g/mol. The molecule has 0 saturated heterocycles. The average molecular weight is 573 g/mol. The zero-order valence-electron chi connectivity index (χ0n) is 26.4. The van der Waals surface area contributed by atoms with Crippen LogP contribution in [0.2, 0.25) is 18.1 Å². The largest absolute Gasteiger partial charge is 0.497 e. The third-order valence-electron chi connectivity index (χ3n) is 7.47. The number of hydrogen-bond acceptors (Lipinski definition) is 6. The lowest BCUT2D eigenvalue weighted by atomic mass is 9.97. The molecular formula is C33H52O6Si. The van der Waals surface area contributed by atoms with Crippen LogP contribution in [0.4, 0.5) is 0 Å². The second kappa shape index (κ2) is 15.2. The predicted molar refractivity (Wildman–Crippen MR) is 165 cm³/mol. The third-order valence-corrected chi connectivity index (χ3v) is 11.9. The Hall–Kier alpha value is -2.19. The molecule has 6 nitrogen and oxygen atoms in total. The molecule has 7 heteroatoms. The molecule has 0 N–H and O–H groups in total. The van der Waals surface area contributed by atoms with Gasteiger partial charge in [0.05, 0.1) is 44.1 Å². The van der Waals surface area contributed by atoms with E-state index in [1.807, 2.05) is 57.2 Å². The summed E-state index contributed by atoms with van der Waals surface area (Å²) < 4.78 is 30.2. The third kappa shape index (κ3) is 11.4. The summed E-state index contributed by atoms with van der Waals surface area (Å²) in [5, 5.41) is 0.0390. The molecule has 0 bridgehead atoms. The Morgan fingerprint density at radius 1 is 1.10 bits per heavy atom. The van der Waals surface area contributed by atoms with Crippen LogP contribution >= 0.6 is 0 Å². The van der Waals surface area contributed by atoms with Crippen molar-refractivity contribution in [2.75, 3.05) is 20.3 Å². The van der Waals surface area contributed by atoms with E-state index in [2.05, 4.69) is 59.0 Å². The minimum absolute atomic E-state index is 0.0186. The molecule has 224 valence electrons. The summed E-state index contributed by atoms with van der Waals surface area (Å²) in [6.45, 7) is 20.3. The minimum Gasteiger partial charge on any atom is -0.497 e. The average Bonchev–Trinajstić information content (AvgIpc) is 2.87. The van der Waals surface area contributed by atoms with E-state index in [0.717, 1.165) is 17.7 Å². The zero-order valence-corrected chi connectivity index (χ0v) is 27.4. The SMILES string of the molecule is COc1ccc(CO[C@@H](C/C=C/COC(=O)C(C)(C)C)C(/C=C/[C@@H]2CC(C)=CCO2)O[Si](C)(C)C(C)(C)C)cc1. The number of benzene rings is 1. The highest BCUT2D eigenvalue weighted by Crippen LogP contribution is 2.38. The van der Waals surface area contributed by atoms with Crippen molar-refractivity contribution in [3.63, 3.8) is 0 Å². The molecule has 1 heterocycles. The van der Waals surface area contributed by atoms with Crippen LogP contribution in [0.3, 0.4) is 0 Å². The standard InChI is InChI=1S/C33H52O6Si/c1-25-20-22-36-28(23-25)18-19-30(39-40(9,10)33(5,6)7)29(13-11-12-21-37-31(34)32(2,3)4)38-24-26-14-16-27(35-8)17-15-26/h11-12,14-20,28-30H,13,21-24H2,1-10H3/b12-11+,19-18+/t28-,29+,30?/m1/s1. The molecule has 3 atom stereocenters. The molecule has 0 aliphatic carbocycles. The summed E-state index contributed by atoms with van der Waals surface area (Å²) in [6.07, 6.45) is 11.3. The van der Waals surface area contributed by atoms with Crippen molar-refractivity contribution in [3.8, 4) is 5.75 Å². The molecule has 0 spiro atoms. The monoisotopic (exact) mass is 572 g/mol. The highest BCUT2D eigenvalue weighted by molar-refractivity contribution is 6.74. The first kappa shape index (κ1) is 34.0. The van der Waals surface area contributed by atoms with Crippen LogP contribution in [0.5, 0.6) is 5.75 Å². The summed E-state index contributed by atoms with van der Waals surface area (Å²) in [4.78, 5) is 12.2. The van der Waals surface area contributed by atoms with Gasteiger partial charge in [-0.25, -0.2) is 0 Å². The van der Waals surface area contributed by atoms with Gasteiger partial charge in [-0.15, -0.1) is 0 Å². The topological polar surface area (TPSA) is 63.2 Å². The first-order valence-electron chi connectivity index (χ1n) is 14.3. The van der Waals surface area contributed by atoms with Gasteiger partial charge in [0.15, 0.2) is 8.32 Å². The lowest BCUT2D eigenvalue weighted by Gasteiger charge is -2.40. The molecule has 1 aromatic carbocycles. The van der Waals surface area contributed by atoms with Crippen LogP contribution in [0.15, 0.2) is 60.2 Å². The highest BCUT2D eigenvalue weighted by Gasteiger charge is 2.40. The minimum atomic E-state index is -2.14. The molecule has 0 aromatic heterocycles.